The van der Waals surface area contributed by atoms with Crippen LogP contribution in [0, 0.1) is 11.2 Å². The number of aliphatic imine (C=N–C) groups is 1. The smallest absolute Gasteiger partial charge is 0.419 e. The molecule has 1 aliphatic heterocycles. The van der Waals surface area contributed by atoms with Crippen LogP contribution in [-0.4, -0.2) is 61.5 Å². The minimum Gasteiger partial charge on any atom is -0.495 e. The first-order chi connectivity index (χ1) is 19.1. The van der Waals surface area contributed by atoms with E-state index in [1.165, 1.54) is 7.11 Å². The molecule has 0 aliphatic carbocycles. The Labute approximate surface area is 226 Å². The van der Waals surface area contributed by atoms with Crippen LogP contribution in [0.3, 0.4) is 0 Å². The highest BCUT2D eigenvalue weighted by molar-refractivity contribution is 6.05. The van der Waals surface area contributed by atoms with E-state index >= 15 is 0 Å². The topological polar surface area (TPSA) is 141 Å². The van der Waals surface area contributed by atoms with E-state index in [1.807, 2.05) is 6.07 Å². The second-order valence-corrected chi connectivity index (χ2v) is 8.80. The Hall–Kier alpha value is -4.43. The molecule has 212 valence electrons. The number of nitrogens with one attached hydrogen (secondary N) is 4. The number of amidine groups is 1. The van der Waals surface area contributed by atoms with Crippen LogP contribution in [0.25, 0.3) is 11.1 Å². The van der Waals surface area contributed by atoms with Gasteiger partial charge < -0.3 is 30.8 Å². The number of urea groups is 1. The van der Waals surface area contributed by atoms with Crippen molar-refractivity contribution in [3.8, 4) is 16.9 Å². The number of aromatic nitrogens is 1. The molecule has 0 radical (unpaired) electrons. The van der Waals surface area contributed by atoms with Gasteiger partial charge in [0.25, 0.3) is 0 Å². The van der Waals surface area contributed by atoms with Crippen molar-refractivity contribution in [2.45, 2.75) is 12.7 Å². The Morgan fingerprint density at radius 1 is 1.20 bits per heavy atom. The van der Waals surface area contributed by atoms with Gasteiger partial charge in [0.1, 0.15) is 23.7 Å². The molecular formula is C26H27F4N7O3. The summed E-state index contributed by atoms with van der Waals surface area (Å²) in [7, 11) is 1.39. The largest absolute Gasteiger partial charge is 0.495 e. The third-order valence-corrected chi connectivity index (χ3v) is 6.12. The maximum absolute atomic E-state index is 13.6. The fourth-order valence-corrected chi connectivity index (χ4v) is 4.23. The number of morpholine rings is 1. The molecule has 4 rings (SSSR count). The molecular weight excluding hydrogens is 534 g/mol. The number of hydrogen-bond acceptors (Lipinski definition) is 5. The maximum Gasteiger partial charge on any atom is 0.419 e. The molecule has 0 atom stereocenters. The molecule has 14 heteroatoms. The number of carbonyl (C=O) groups excluding carboxylic acids is 1. The number of ether oxygens (including phenoxy) is 2. The number of carbonyl (C=O) groups is 1. The zero-order valence-corrected chi connectivity index (χ0v) is 21.4. The monoisotopic (exact) mass is 561 g/mol. The summed E-state index contributed by atoms with van der Waals surface area (Å²) < 4.78 is 63.4. The molecule has 6 N–H and O–H groups in total. The van der Waals surface area contributed by atoms with Gasteiger partial charge in [0.15, 0.2) is 0 Å². The number of alkyl halides is 3. The van der Waals surface area contributed by atoms with Crippen molar-refractivity contribution in [2.24, 2.45) is 10.7 Å². The van der Waals surface area contributed by atoms with Crippen LogP contribution < -0.4 is 21.1 Å². The average Bonchev–Trinajstić information content (AvgIpc) is 3.34. The van der Waals surface area contributed by atoms with Gasteiger partial charge in [0.2, 0.25) is 0 Å². The Bertz CT molecular complexity index is 1420. The summed E-state index contributed by atoms with van der Waals surface area (Å²) in [5.74, 6) is -1.08. The number of anilines is 2. The molecule has 2 amide bonds. The van der Waals surface area contributed by atoms with Crippen LogP contribution >= 0.6 is 0 Å². The Morgan fingerprint density at radius 2 is 1.95 bits per heavy atom. The number of halogens is 4. The molecule has 1 aliphatic rings. The summed E-state index contributed by atoms with van der Waals surface area (Å²) in [6.45, 7) is 3.45. The van der Waals surface area contributed by atoms with E-state index in [-0.39, 0.29) is 23.0 Å². The van der Waals surface area contributed by atoms with E-state index in [4.69, 9.17) is 20.6 Å². The van der Waals surface area contributed by atoms with Crippen molar-refractivity contribution in [1.82, 2.24) is 9.88 Å². The van der Waals surface area contributed by atoms with Gasteiger partial charge in [-0.15, -0.1) is 0 Å². The maximum atomic E-state index is 13.6. The summed E-state index contributed by atoms with van der Waals surface area (Å²) in [5, 5.41) is 12.1. The lowest BCUT2D eigenvalue weighted by molar-refractivity contribution is -0.139. The second kappa shape index (κ2) is 12.2. The number of nitrogens with two attached hydrogens (primary N) is 1. The second-order valence-electron chi connectivity index (χ2n) is 8.80. The summed E-state index contributed by atoms with van der Waals surface area (Å²) in [6.07, 6.45) is -4.07. The predicted molar refractivity (Wildman–Crippen MR) is 142 cm³/mol. The lowest BCUT2D eigenvalue weighted by Crippen LogP contribution is -2.35. The number of amides is 2. The van der Waals surface area contributed by atoms with Crippen molar-refractivity contribution in [3.05, 3.63) is 65.2 Å². The number of aromatic amines is 1. The third kappa shape index (κ3) is 6.76. The van der Waals surface area contributed by atoms with Crippen molar-refractivity contribution in [1.29, 1.82) is 5.41 Å². The van der Waals surface area contributed by atoms with Crippen LogP contribution in [0.15, 0.2) is 47.5 Å². The standard InChI is InChI=1S/C26H27F4N7O3/c1-39-22-10-15(18-11-17(13-37-6-8-40-9-7-37)34-23(18)24(32)33-14-31)2-5-21(22)36-25(38)35-16-3-4-20(27)19(12-16)26(28,29)30/h2-5,10-12,14,34H,6-9,13H2,1H3,(H3,31,32,33)(H2,35,36,38). The van der Waals surface area contributed by atoms with Gasteiger partial charge in [-0.3, -0.25) is 10.3 Å². The third-order valence-electron chi connectivity index (χ3n) is 6.12. The fraction of sp³-hybridized carbons (Fsp3) is 0.269. The van der Waals surface area contributed by atoms with E-state index in [0.717, 1.165) is 31.2 Å². The van der Waals surface area contributed by atoms with Gasteiger partial charge in [-0.1, -0.05) is 6.07 Å². The summed E-state index contributed by atoms with van der Waals surface area (Å²) in [5.41, 5.74) is 7.34. The molecule has 40 heavy (non-hydrogen) atoms. The molecule has 1 aromatic heterocycles. The number of hydrogen-bond donors (Lipinski definition) is 5. The molecule has 1 saturated heterocycles. The summed E-state index contributed by atoms with van der Waals surface area (Å²) in [6, 6.07) is 8.12. The molecule has 2 aromatic carbocycles. The summed E-state index contributed by atoms with van der Waals surface area (Å²) in [4.78, 5) is 21.9. The fourth-order valence-electron chi connectivity index (χ4n) is 4.23. The van der Waals surface area contributed by atoms with Crippen molar-refractivity contribution in [3.63, 3.8) is 0 Å². The highest BCUT2D eigenvalue weighted by atomic mass is 19.4. The van der Waals surface area contributed by atoms with Gasteiger partial charge >= 0.3 is 12.2 Å². The molecule has 1 fully saturated rings. The molecule has 0 bridgehead atoms. The normalized spacial score (nSPS) is 14.6. The Morgan fingerprint density at radius 3 is 2.62 bits per heavy atom. The van der Waals surface area contributed by atoms with E-state index in [0.29, 0.717) is 48.7 Å². The zero-order chi connectivity index (χ0) is 28.9. The van der Waals surface area contributed by atoms with E-state index in [9.17, 15) is 22.4 Å². The van der Waals surface area contributed by atoms with Gasteiger partial charge in [0, 0.05) is 36.6 Å². The Balaban J connectivity index is 1.57. The Kier molecular flexibility index (Phi) is 8.70. The van der Waals surface area contributed by atoms with Crippen molar-refractivity contribution in [2.75, 3.05) is 44.0 Å². The van der Waals surface area contributed by atoms with E-state index in [1.54, 1.807) is 18.2 Å². The quantitative estimate of drug-likeness (QED) is 0.155. The lowest BCUT2D eigenvalue weighted by Gasteiger charge is -2.25. The number of methoxy groups -OCH3 is 1. The van der Waals surface area contributed by atoms with Gasteiger partial charge in [-0.05, 0) is 42.0 Å². The zero-order valence-electron chi connectivity index (χ0n) is 21.4. The highest BCUT2D eigenvalue weighted by Crippen LogP contribution is 2.35. The van der Waals surface area contributed by atoms with Crippen LogP contribution in [0.4, 0.5) is 33.7 Å². The summed E-state index contributed by atoms with van der Waals surface area (Å²) >= 11 is 0. The number of rotatable bonds is 8. The molecule has 0 spiro atoms. The predicted octanol–water partition coefficient (Wildman–Crippen LogP) is 4.64. The van der Waals surface area contributed by atoms with Gasteiger partial charge in [0.05, 0.1) is 37.3 Å². The molecule has 0 saturated carbocycles. The number of nitrogens with zero attached hydrogens (tertiary/aromatic N) is 2. The van der Waals surface area contributed by atoms with E-state index < -0.39 is 23.6 Å². The number of benzene rings is 2. The first-order valence-electron chi connectivity index (χ1n) is 12.1. The van der Waals surface area contributed by atoms with Crippen molar-refractivity contribution < 1.29 is 31.8 Å². The van der Waals surface area contributed by atoms with Crippen LogP contribution in [0.1, 0.15) is 17.0 Å². The SMILES string of the molecule is COc1cc(-c2cc(CN3CCOCC3)[nH]c2/C(N)=N\C=N)ccc1NC(=O)Nc1ccc(F)c(C(F)(F)F)c1. The molecule has 3 aromatic rings. The van der Waals surface area contributed by atoms with Gasteiger partial charge in [-0.2, -0.15) is 13.2 Å². The molecule has 10 nitrogen and oxygen atoms in total. The average molecular weight is 562 g/mol. The van der Waals surface area contributed by atoms with E-state index in [2.05, 4.69) is 25.5 Å². The number of H-pyrrole nitrogens is 1. The van der Waals surface area contributed by atoms with Crippen LogP contribution in [0.2, 0.25) is 0 Å². The molecule has 0 unspecified atom stereocenters. The van der Waals surface area contributed by atoms with Crippen molar-refractivity contribution >= 4 is 29.6 Å². The first kappa shape index (κ1) is 28.6. The lowest BCUT2D eigenvalue weighted by atomic mass is 10.0. The highest BCUT2D eigenvalue weighted by Gasteiger charge is 2.34. The minimum atomic E-state index is -4.91. The molecule has 2 heterocycles. The van der Waals surface area contributed by atoms with Crippen LogP contribution in [0.5, 0.6) is 5.75 Å². The minimum absolute atomic E-state index is 0.108. The van der Waals surface area contributed by atoms with Gasteiger partial charge in [-0.25, -0.2) is 14.2 Å². The van der Waals surface area contributed by atoms with Crippen LogP contribution in [-0.2, 0) is 17.5 Å². The first-order valence-corrected chi connectivity index (χ1v) is 12.1.